The molecule has 0 aromatic carbocycles. The van der Waals surface area contributed by atoms with E-state index in [1.165, 1.54) is 11.8 Å². The zero-order valence-electron chi connectivity index (χ0n) is 9.55. The fourth-order valence-electron chi connectivity index (χ4n) is 1.55. The summed E-state index contributed by atoms with van der Waals surface area (Å²) in [5, 5.41) is 11.5. The van der Waals surface area contributed by atoms with Crippen molar-refractivity contribution in [1.82, 2.24) is 20.1 Å². The molecule has 0 spiro atoms. The monoisotopic (exact) mass is 257 g/mol. The van der Waals surface area contributed by atoms with E-state index in [1.54, 1.807) is 0 Å². The molecule has 1 fully saturated rings. The Kier molecular flexibility index (Phi) is 3.85. The quantitative estimate of drug-likeness (QED) is 0.706. The van der Waals surface area contributed by atoms with E-state index < -0.39 is 0 Å². The molecular weight excluding hydrogens is 242 g/mol. The van der Waals surface area contributed by atoms with E-state index in [0.29, 0.717) is 25.4 Å². The summed E-state index contributed by atoms with van der Waals surface area (Å²) in [5.74, 6) is 1.51. The lowest BCUT2D eigenvalue weighted by Crippen LogP contribution is -2.17. The van der Waals surface area contributed by atoms with Crippen LogP contribution in [-0.4, -0.2) is 45.8 Å². The number of hydrogen-bond donors (Lipinski definition) is 2. The van der Waals surface area contributed by atoms with Crippen molar-refractivity contribution in [2.75, 3.05) is 18.8 Å². The van der Waals surface area contributed by atoms with Gasteiger partial charge in [-0.3, -0.25) is 0 Å². The minimum atomic E-state index is -0.352. The van der Waals surface area contributed by atoms with E-state index in [2.05, 4.69) is 15.5 Å². The first kappa shape index (κ1) is 12.2. The van der Waals surface area contributed by atoms with Crippen LogP contribution >= 0.6 is 11.8 Å². The van der Waals surface area contributed by atoms with Crippen molar-refractivity contribution in [3.63, 3.8) is 0 Å². The molecule has 1 saturated heterocycles. The lowest BCUT2D eigenvalue weighted by molar-refractivity contribution is 0.150. The average Bonchev–Trinajstić information content (AvgIpc) is 2.86. The number of hydrogen-bond acceptors (Lipinski definition) is 6. The molecule has 3 N–H and O–H groups in total. The molecule has 1 aromatic heterocycles. The van der Waals surface area contributed by atoms with Gasteiger partial charge in [0.05, 0.1) is 6.54 Å². The van der Waals surface area contributed by atoms with Gasteiger partial charge in [-0.2, -0.15) is 0 Å². The van der Waals surface area contributed by atoms with Gasteiger partial charge in [-0.15, -0.1) is 10.2 Å². The van der Waals surface area contributed by atoms with Crippen LogP contribution in [0.4, 0.5) is 4.79 Å². The van der Waals surface area contributed by atoms with E-state index >= 15 is 0 Å². The van der Waals surface area contributed by atoms with Gasteiger partial charge in [0.2, 0.25) is 0 Å². The summed E-state index contributed by atoms with van der Waals surface area (Å²) < 4.78 is 7.00. The number of nitrogens with one attached hydrogen (secondary N) is 1. The molecule has 1 aromatic rings. The number of carbonyl (C=O) groups excluding carboxylic acids is 1. The maximum atomic E-state index is 10.8. The molecule has 0 saturated carbocycles. The first-order chi connectivity index (χ1) is 8.20. The number of alkyl carbamates (subject to hydrolysis) is 1. The number of amides is 1. The number of carbonyl (C=O) groups is 1. The van der Waals surface area contributed by atoms with E-state index in [1.807, 2.05) is 11.5 Å². The van der Waals surface area contributed by atoms with E-state index in [4.69, 9.17) is 10.5 Å². The molecular formula is C9H15N5O2S. The van der Waals surface area contributed by atoms with Crippen molar-refractivity contribution in [1.29, 1.82) is 0 Å². The minimum Gasteiger partial charge on any atom is -0.443 e. The highest BCUT2D eigenvalue weighted by Crippen LogP contribution is 2.19. The summed E-state index contributed by atoms with van der Waals surface area (Å²) in [6.07, 6.45) is -0.453. The van der Waals surface area contributed by atoms with Gasteiger partial charge in [-0.1, -0.05) is 11.8 Å². The van der Waals surface area contributed by atoms with Crippen LogP contribution in [0.15, 0.2) is 5.16 Å². The number of aromatic nitrogens is 3. The molecule has 1 aliphatic rings. The Morgan fingerprint density at radius 3 is 3.12 bits per heavy atom. The van der Waals surface area contributed by atoms with Crippen molar-refractivity contribution >= 4 is 17.9 Å². The first-order valence-corrected chi connectivity index (χ1v) is 6.36. The Labute approximate surface area is 103 Å². The number of thioether (sulfide) groups is 1. The zero-order valence-corrected chi connectivity index (χ0v) is 10.4. The SMILES string of the molecule is Cc1nnc(SCC2CNC(=O)O2)n1CCN. The van der Waals surface area contributed by atoms with Crippen LogP contribution in [0.1, 0.15) is 5.82 Å². The summed E-state index contributed by atoms with van der Waals surface area (Å²) in [4.78, 5) is 10.8. The van der Waals surface area contributed by atoms with Crippen LogP contribution in [0, 0.1) is 6.92 Å². The Bertz CT molecular complexity index is 408. The standard InChI is InChI=1S/C9H15N5O2S/c1-6-12-13-8(14(6)3-2-10)17-5-7-4-11-9(15)16-7/h7H,2-5,10H2,1H3,(H,11,15). The van der Waals surface area contributed by atoms with E-state index in [-0.39, 0.29) is 12.2 Å². The predicted octanol–water partition coefficient (Wildman–Crippen LogP) is -0.254. The zero-order chi connectivity index (χ0) is 12.3. The van der Waals surface area contributed by atoms with Crippen molar-refractivity contribution in [3.05, 3.63) is 5.82 Å². The van der Waals surface area contributed by atoms with Gasteiger partial charge in [0.15, 0.2) is 5.16 Å². The van der Waals surface area contributed by atoms with Crippen molar-refractivity contribution < 1.29 is 9.53 Å². The average molecular weight is 257 g/mol. The van der Waals surface area contributed by atoms with Crippen LogP contribution in [0.3, 0.4) is 0 Å². The third kappa shape index (κ3) is 2.89. The highest BCUT2D eigenvalue weighted by molar-refractivity contribution is 7.99. The van der Waals surface area contributed by atoms with Crippen molar-refractivity contribution in [3.8, 4) is 0 Å². The van der Waals surface area contributed by atoms with Gasteiger partial charge in [0.1, 0.15) is 11.9 Å². The summed E-state index contributed by atoms with van der Waals surface area (Å²) in [6, 6.07) is 0. The Hall–Kier alpha value is -1.28. The van der Waals surface area contributed by atoms with Crippen LogP contribution in [0.25, 0.3) is 0 Å². The second-order valence-corrected chi connectivity index (χ2v) is 4.68. The number of ether oxygens (including phenoxy) is 1. The lowest BCUT2D eigenvalue weighted by Gasteiger charge is -2.08. The summed E-state index contributed by atoms with van der Waals surface area (Å²) in [7, 11) is 0. The van der Waals surface area contributed by atoms with Gasteiger partial charge >= 0.3 is 6.09 Å². The number of aryl methyl sites for hydroxylation is 1. The molecule has 0 bridgehead atoms. The number of rotatable bonds is 5. The van der Waals surface area contributed by atoms with Gasteiger partial charge in [0.25, 0.3) is 0 Å². The largest absolute Gasteiger partial charge is 0.443 e. The highest BCUT2D eigenvalue weighted by Gasteiger charge is 2.23. The number of nitrogens with zero attached hydrogens (tertiary/aromatic N) is 3. The highest BCUT2D eigenvalue weighted by atomic mass is 32.2. The van der Waals surface area contributed by atoms with Crippen molar-refractivity contribution in [2.45, 2.75) is 24.7 Å². The third-order valence-electron chi connectivity index (χ3n) is 2.40. The molecule has 17 heavy (non-hydrogen) atoms. The van der Waals surface area contributed by atoms with Gasteiger partial charge in [-0.05, 0) is 6.92 Å². The second kappa shape index (κ2) is 5.37. The van der Waals surface area contributed by atoms with Gasteiger partial charge in [0, 0.05) is 18.8 Å². The molecule has 1 unspecified atom stereocenters. The van der Waals surface area contributed by atoms with Gasteiger partial charge < -0.3 is 20.4 Å². The Morgan fingerprint density at radius 2 is 2.47 bits per heavy atom. The van der Waals surface area contributed by atoms with Crippen LogP contribution in [0.5, 0.6) is 0 Å². The number of nitrogens with two attached hydrogens (primary N) is 1. The molecule has 7 nitrogen and oxygen atoms in total. The maximum absolute atomic E-state index is 10.8. The molecule has 1 aliphatic heterocycles. The van der Waals surface area contributed by atoms with E-state index in [9.17, 15) is 4.79 Å². The Balaban J connectivity index is 1.92. The maximum Gasteiger partial charge on any atom is 0.407 e. The van der Waals surface area contributed by atoms with Crippen LogP contribution in [-0.2, 0) is 11.3 Å². The minimum absolute atomic E-state index is 0.101. The number of cyclic esters (lactones) is 1. The first-order valence-electron chi connectivity index (χ1n) is 5.38. The predicted molar refractivity (Wildman–Crippen MR) is 62.8 cm³/mol. The van der Waals surface area contributed by atoms with E-state index in [0.717, 1.165) is 11.0 Å². The van der Waals surface area contributed by atoms with Gasteiger partial charge in [-0.25, -0.2) is 4.79 Å². The fraction of sp³-hybridized carbons (Fsp3) is 0.667. The van der Waals surface area contributed by atoms with Crippen molar-refractivity contribution in [2.24, 2.45) is 5.73 Å². The molecule has 94 valence electrons. The Morgan fingerprint density at radius 1 is 1.65 bits per heavy atom. The summed E-state index contributed by atoms with van der Waals surface area (Å²) >= 11 is 1.52. The lowest BCUT2D eigenvalue weighted by atomic mass is 10.4. The van der Waals surface area contributed by atoms with Crippen LogP contribution < -0.4 is 11.1 Å². The smallest absolute Gasteiger partial charge is 0.407 e. The molecule has 1 atom stereocenters. The second-order valence-electron chi connectivity index (χ2n) is 3.69. The molecule has 0 aliphatic carbocycles. The summed E-state index contributed by atoms with van der Waals surface area (Å²) in [5.41, 5.74) is 5.53. The summed E-state index contributed by atoms with van der Waals surface area (Å²) in [6.45, 7) is 3.69. The molecule has 1 amide bonds. The fourth-order valence-corrected chi connectivity index (χ4v) is 2.55. The van der Waals surface area contributed by atoms with Crippen LogP contribution in [0.2, 0.25) is 0 Å². The third-order valence-corrected chi connectivity index (χ3v) is 3.50. The topological polar surface area (TPSA) is 95.1 Å². The normalized spacial score (nSPS) is 19.2. The molecule has 0 radical (unpaired) electrons. The molecule has 2 rings (SSSR count). The molecule has 8 heteroatoms. The molecule has 2 heterocycles.